The minimum absolute atomic E-state index is 0.175. The van der Waals surface area contributed by atoms with Gasteiger partial charge in [-0.05, 0) is 42.3 Å². The van der Waals surface area contributed by atoms with Crippen LogP contribution in [0.25, 0.3) is 0 Å². The zero-order valence-electron chi connectivity index (χ0n) is 11.9. The number of rotatable bonds is 5. The van der Waals surface area contributed by atoms with Crippen LogP contribution in [0, 0.1) is 11.3 Å². The van der Waals surface area contributed by atoms with Gasteiger partial charge in [0.1, 0.15) is 5.25 Å². The van der Waals surface area contributed by atoms with Crippen LogP contribution < -0.4 is 0 Å². The van der Waals surface area contributed by atoms with Crippen LogP contribution in [0.4, 0.5) is 0 Å². The minimum atomic E-state index is -0.901. The molecule has 5 heteroatoms. The molecule has 2 unspecified atom stereocenters. The molecule has 0 aliphatic rings. The van der Waals surface area contributed by atoms with E-state index in [-0.39, 0.29) is 5.92 Å². The van der Waals surface area contributed by atoms with E-state index >= 15 is 0 Å². The molecule has 0 saturated carbocycles. The maximum absolute atomic E-state index is 11.5. The summed E-state index contributed by atoms with van der Waals surface area (Å²) in [5, 5.41) is 18.2. The highest BCUT2D eigenvalue weighted by molar-refractivity contribution is 8.00. The van der Waals surface area contributed by atoms with Crippen LogP contribution in [0.1, 0.15) is 29.2 Å². The largest absolute Gasteiger partial charge is 0.480 e. The molecule has 2 aromatic rings. The van der Waals surface area contributed by atoms with Crippen LogP contribution in [0.3, 0.4) is 0 Å². The number of halogens is 1. The topological polar surface area (TPSA) is 61.1 Å². The third-order valence-corrected chi connectivity index (χ3v) is 4.73. The molecule has 1 N–H and O–H groups in total. The number of aliphatic carboxylic acids is 1. The molecule has 2 rings (SSSR count). The Kier molecular flexibility index (Phi) is 5.48. The molecule has 2 atom stereocenters. The van der Waals surface area contributed by atoms with E-state index in [1.807, 2.05) is 31.2 Å². The molecule has 0 amide bonds. The molecule has 0 aliphatic carbocycles. The summed E-state index contributed by atoms with van der Waals surface area (Å²) in [6, 6.07) is 16.4. The number of hydrogen-bond acceptors (Lipinski definition) is 3. The molecule has 22 heavy (non-hydrogen) atoms. The lowest BCUT2D eigenvalue weighted by atomic mass is 10.0. The molecule has 0 radical (unpaired) electrons. The van der Waals surface area contributed by atoms with Gasteiger partial charge in [-0.1, -0.05) is 35.9 Å². The molecule has 0 heterocycles. The van der Waals surface area contributed by atoms with Gasteiger partial charge in [0.15, 0.2) is 0 Å². The standard InChI is InChI=1S/C17H14ClNO2S/c1-11(10-19)12-4-8-15(9-5-12)22-16(17(20)21)13-2-6-14(18)7-3-13/h2-9,11,16H,1H3,(H,20,21). The van der Waals surface area contributed by atoms with Crippen molar-refractivity contribution in [2.45, 2.75) is 23.0 Å². The maximum Gasteiger partial charge on any atom is 0.321 e. The molecule has 112 valence electrons. The van der Waals surface area contributed by atoms with Crippen molar-refractivity contribution in [1.29, 1.82) is 5.26 Å². The molecule has 0 aromatic heterocycles. The number of carbonyl (C=O) groups is 1. The van der Waals surface area contributed by atoms with Gasteiger partial charge in [-0.15, -0.1) is 11.8 Å². The van der Waals surface area contributed by atoms with E-state index in [1.54, 1.807) is 24.3 Å². The molecular weight excluding hydrogens is 318 g/mol. The number of hydrogen-bond donors (Lipinski definition) is 1. The van der Waals surface area contributed by atoms with E-state index in [0.29, 0.717) is 10.6 Å². The first-order valence-corrected chi connectivity index (χ1v) is 7.91. The molecule has 0 bridgehead atoms. The molecule has 2 aromatic carbocycles. The summed E-state index contributed by atoms with van der Waals surface area (Å²) in [4.78, 5) is 12.4. The zero-order chi connectivity index (χ0) is 16.1. The van der Waals surface area contributed by atoms with Gasteiger partial charge in [0.25, 0.3) is 0 Å². The van der Waals surface area contributed by atoms with Gasteiger partial charge in [0, 0.05) is 9.92 Å². The van der Waals surface area contributed by atoms with E-state index in [2.05, 4.69) is 6.07 Å². The summed E-state index contributed by atoms with van der Waals surface area (Å²) in [6.07, 6.45) is 0. The fraction of sp³-hybridized carbons (Fsp3) is 0.176. The highest BCUT2D eigenvalue weighted by Gasteiger charge is 2.21. The monoisotopic (exact) mass is 331 g/mol. The zero-order valence-corrected chi connectivity index (χ0v) is 13.4. The average Bonchev–Trinajstić information content (AvgIpc) is 2.53. The van der Waals surface area contributed by atoms with Gasteiger partial charge < -0.3 is 5.11 Å². The summed E-state index contributed by atoms with van der Waals surface area (Å²) in [7, 11) is 0. The van der Waals surface area contributed by atoms with E-state index in [4.69, 9.17) is 16.9 Å². The molecule has 3 nitrogen and oxygen atoms in total. The number of carboxylic acids is 1. The molecular formula is C17H14ClNO2S. The number of nitrogens with zero attached hydrogens (tertiary/aromatic N) is 1. The van der Waals surface area contributed by atoms with Crippen LogP contribution in [-0.4, -0.2) is 11.1 Å². The van der Waals surface area contributed by atoms with Crippen molar-refractivity contribution in [1.82, 2.24) is 0 Å². The highest BCUT2D eigenvalue weighted by Crippen LogP contribution is 2.36. The molecule has 0 saturated heterocycles. The fourth-order valence-corrected chi connectivity index (χ4v) is 3.03. The first-order chi connectivity index (χ1) is 10.5. The summed E-state index contributed by atoms with van der Waals surface area (Å²) < 4.78 is 0. The minimum Gasteiger partial charge on any atom is -0.480 e. The van der Waals surface area contributed by atoms with Crippen LogP contribution in [-0.2, 0) is 4.79 Å². The SMILES string of the molecule is CC(C#N)c1ccc(SC(C(=O)O)c2ccc(Cl)cc2)cc1. The predicted molar refractivity (Wildman–Crippen MR) is 88.2 cm³/mol. The Morgan fingerprint density at radius 3 is 2.18 bits per heavy atom. The van der Waals surface area contributed by atoms with Crippen molar-refractivity contribution >= 4 is 29.3 Å². The van der Waals surface area contributed by atoms with Crippen LogP contribution in [0.5, 0.6) is 0 Å². The Balaban J connectivity index is 2.20. The smallest absolute Gasteiger partial charge is 0.321 e. The predicted octanol–water partition coefficient (Wildman–Crippen LogP) is 4.89. The average molecular weight is 332 g/mol. The van der Waals surface area contributed by atoms with Crippen molar-refractivity contribution in [3.63, 3.8) is 0 Å². The van der Waals surface area contributed by atoms with Crippen molar-refractivity contribution in [2.75, 3.05) is 0 Å². The van der Waals surface area contributed by atoms with E-state index in [9.17, 15) is 9.90 Å². The summed E-state index contributed by atoms with van der Waals surface area (Å²) in [5.74, 6) is -1.08. The Bertz CT molecular complexity index is 692. The lowest BCUT2D eigenvalue weighted by Gasteiger charge is -2.13. The number of benzene rings is 2. The van der Waals surface area contributed by atoms with E-state index in [0.717, 1.165) is 10.5 Å². The number of carboxylic acid groups (broad SMARTS) is 1. The van der Waals surface area contributed by atoms with Crippen molar-refractivity contribution < 1.29 is 9.90 Å². The quantitative estimate of drug-likeness (QED) is 0.793. The van der Waals surface area contributed by atoms with Gasteiger partial charge >= 0.3 is 5.97 Å². The third kappa shape index (κ3) is 4.03. The Morgan fingerprint density at radius 2 is 1.68 bits per heavy atom. The normalized spacial score (nSPS) is 13.1. The van der Waals surface area contributed by atoms with E-state index in [1.165, 1.54) is 11.8 Å². The molecule has 0 fully saturated rings. The van der Waals surface area contributed by atoms with Gasteiger partial charge in [-0.3, -0.25) is 4.79 Å². The highest BCUT2D eigenvalue weighted by atomic mass is 35.5. The van der Waals surface area contributed by atoms with Crippen molar-refractivity contribution in [3.8, 4) is 6.07 Å². The second-order valence-electron chi connectivity index (χ2n) is 4.81. The van der Waals surface area contributed by atoms with Crippen LogP contribution in [0.2, 0.25) is 5.02 Å². The first kappa shape index (κ1) is 16.4. The Hall–Kier alpha value is -1.96. The van der Waals surface area contributed by atoms with E-state index < -0.39 is 11.2 Å². The Labute approximate surface area is 138 Å². The lowest BCUT2D eigenvalue weighted by Crippen LogP contribution is -2.07. The summed E-state index contributed by atoms with van der Waals surface area (Å²) in [5.41, 5.74) is 1.61. The number of nitriles is 1. The second kappa shape index (κ2) is 7.35. The van der Waals surface area contributed by atoms with Gasteiger partial charge in [0.05, 0.1) is 12.0 Å². The van der Waals surface area contributed by atoms with Crippen LogP contribution in [0.15, 0.2) is 53.4 Å². The Morgan fingerprint density at radius 1 is 1.14 bits per heavy atom. The van der Waals surface area contributed by atoms with Gasteiger partial charge in [0.2, 0.25) is 0 Å². The van der Waals surface area contributed by atoms with Gasteiger partial charge in [-0.2, -0.15) is 5.26 Å². The number of thioether (sulfide) groups is 1. The third-order valence-electron chi connectivity index (χ3n) is 3.22. The lowest BCUT2D eigenvalue weighted by molar-refractivity contribution is -0.136. The maximum atomic E-state index is 11.5. The second-order valence-corrected chi connectivity index (χ2v) is 6.42. The van der Waals surface area contributed by atoms with Crippen molar-refractivity contribution in [3.05, 3.63) is 64.7 Å². The van der Waals surface area contributed by atoms with Crippen molar-refractivity contribution in [2.24, 2.45) is 0 Å². The summed E-state index contributed by atoms with van der Waals surface area (Å²) >= 11 is 7.09. The fourth-order valence-electron chi connectivity index (χ4n) is 1.94. The molecule has 0 aliphatic heterocycles. The van der Waals surface area contributed by atoms with Gasteiger partial charge in [-0.25, -0.2) is 0 Å². The van der Waals surface area contributed by atoms with Crippen LogP contribution >= 0.6 is 23.4 Å². The molecule has 0 spiro atoms. The summed E-state index contributed by atoms with van der Waals surface area (Å²) in [6.45, 7) is 1.83. The first-order valence-electron chi connectivity index (χ1n) is 6.65.